The van der Waals surface area contributed by atoms with E-state index in [0.29, 0.717) is 5.92 Å². The average Bonchev–Trinajstić information content (AvgIpc) is 2.98. The number of rotatable bonds is 9. The Morgan fingerprint density at radius 3 is 2.37 bits per heavy atom. The molecule has 5 rings (SSSR count). The Morgan fingerprint density at radius 2 is 1.63 bits per heavy atom. The number of nitrogens with one attached hydrogen (secondary N) is 1. The van der Waals surface area contributed by atoms with E-state index in [4.69, 9.17) is 0 Å². The lowest BCUT2D eigenvalue weighted by molar-refractivity contribution is 0.460. The fraction of sp³-hybridized carbons (Fsp3) is 0.486. The normalized spacial score (nSPS) is 15.5. The molecule has 0 aromatic heterocycles. The molecular weight excluding hydrogens is 467 g/mol. The summed E-state index contributed by atoms with van der Waals surface area (Å²) in [5.74, 6) is 0.607. The summed E-state index contributed by atoms with van der Waals surface area (Å²) in [6, 6.07) is 23.0. The first-order chi connectivity index (χ1) is 18.7. The monoisotopic (exact) mass is 514 g/mol. The van der Waals surface area contributed by atoms with E-state index in [-0.39, 0.29) is 5.82 Å². The molecule has 204 valence electrons. The summed E-state index contributed by atoms with van der Waals surface area (Å²) in [6.45, 7) is 9.27. The molecule has 2 nitrogen and oxygen atoms in total. The van der Waals surface area contributed by atoms with E-state index in [1.54, 1.807) is 11.6 Å². The van der Waals surface area contributed by atoms with Crippen LogP contribution in [0.15, 0.2) is 66.7 Å². The third-order valence-corrected chi connectivity index (χ3v) is 8.24. The maximum Gasteiger partial charge on any atom is 0.126 e. The molecule has 1 saturated heterocycles. The van der Waals surface area contributed by atoms with Gasteiger partial charge in [0.25, 0.3) is 0 Å². The Kier molecular flexibility index (Phi) is 11.2. The van der Waals surface area contributed by atoms with E-state index in [2.05, 4.69) is 66.5 Å². The molecule has 3 aromatic rings. The first-order valence-corrected chi connectivity index (χ1v) is 15.1. The van der Waals surface area contributed by atoms with Gasteiger partial charge >= 0.3 is 0 Å². The van der Waals surface area contributed by atoms with Crippen molar-refractivity contribution in [3.63, 3.8) is 0 Å². The summed E-state index contributed by atoms with van der Waals surface area (Å²) in [6.07, 6.45) is 11.9. The Labute approximate surface area is 230 Å². The lowest BCUT2D eigenvalue weighted by atomic mass is 9.89. The molecule has 38 heavy (non-hydrogen) atoms. The summed E-state index contributed by atoms with van der Waals surface area (Å²) >= 11 is 0. The number of piperidine rings is 1. The molecule has 1 fully saturated rings. The molecule has 3 heteroatoms. The molecule has 0 atom stereocenters. The van der Waals surface area contributed by atoms with Crippen LogP contribution in [-0.4, -0.2) is 26.2 Å². The van der Waals surface area contributed by atoms with Crippen LogP contribution in [0.1, 0.15) is 86.1 Å². The molecule has 2 aliphatic rings. The predicted octanol–water partition coefficient (Wildman–Crippen LogP) is 8.27. The first-order valence-electron chi connectivity index (χ1n) is 15.1. The van der Waals surface area contributed by atoms with Crippen molar-refractivity contribution in [3.05, 3.63) is 100 Å². The molecule has 0 unspecified atom stereocenters. The van der Waals surface area contributed by atoms with Crippen molar-refractivity contribution in [2.24, 2.45) is 0 Å². The summed E-state index contributed by atoms with van der Waals surface area (Å²) in [4.78, 5) is 2.60. The lowest BCUT2D eigenvalue weighted by Crippen LogP contribution is -2.30. The molecule has 0 radical (unpaired) electrons. The Hall–Kier alpha value is -2.65. The van der Waals surface area contributed by atoms with Crippen molar-refractivity contribution < 1.29 is 4.39 Å². The number of anilines is 1. The summed E-state index contributed by atoms with van der Waals surface area (Å²) in [5, 5.41) is 3.40. The molecule has 0 saturated carbocycles. The molecule has 1 N–H and O–H groups in total. The summed E-state index contributed by atoms with van der Waals surface area (Å²) < 4.78 is 13.6. The molecule has 2 aliphatic heterocycles. The topological polar surface area (TPSA) is 15.3 Å². The zero-order valence-corrected chi connectivity index (χ0v) is 23.7. The Morgan fingerprint density at radius 1 is 0.868 bits per heavy atom. The summed E-state index contributed by atoms with van der Waals surface area (Å²) in [5.41, 5.74) is 8.10. The zero-order valence-electron chi connectivity index (χ0n) is 23.7. The number of hydrogen-bond acceptors (Lipinski definition) is 2. The second-order valence-electron chi connectivity index (χ2n) is 11.0. The van der Waals surface area contributed by atoms with E-state index in [1.165, 1.54) is 86.5 Å². The zero-order chi connectivity index (χ0) is 26.6. The van der Waals surface area contributed by atoms with E-state index < -0.39 is 0 Å². The molecule has 0 bridgehead atoms. The third-order valence-electron chi connectivity index (χ3n) is 8.24. The van der Waals surface area contributed by atoms with Gasteiger partial charge in [0.05, 0.1) is 0 Å². The number of fused-ring (bicyclic) bond motifs is 1. The number of nitrogens with zero attached hydrogens (tertiary/aromatic N) is 1. The quantitative estimate of drug-likeness (QED) is 0.289. The van der Waals surface area contributed by atoms with Gasteiger partial charge in [-0.25, -0.2) is 4.39 Å². The first kappa shape index (κ1) is 28.4. The summed E-state index contributed by atoms with van der Waals surface area (Å²) in [7, 11) is 0. The van der Waals surface area contributed by atoms with Gasteiger partial charge in [-0.2, -0.15) is 0 Å². The van der Waals surface area contributed by atoms with E-state index >= 15 is 0 Å². The highest BCUT2D eigenvalue weighted by atomic mass is 19.1. The molecular formula is C35H47FN2. The van der Waals surface area contributed by atoms with Crippen LogP contribution in [-0.2, 0) is 25.7 Å². The van der Waals surface area contributed by atoms with Gasteiger partial charge in [0.1, 0.15) is 5.82 Å². The minimum absolute atomic E-state index is 0.0937. The number of aryl methyl sites for hydroxylation is 4. The predicted molar refractivity (Wildman–Crippen MR) is 161 cm³/mol. The highest BCUT2D eigenvalue weighted by Crippen LogP contribution is 2.29. The van der Waals surface area contributed by atoms with Crippen molar-refractivity contribution in [3.8, 4) is 0 Å². The second kappa shape index (κ2) is 15.1. The fourth-order valence-corrected chi connectivity index (χ4v) is 5.79. The van der Waals surface area contributed by atoms with E-state index in [9.17, 15) is 4.39 Å². The van der Waals surface area contributed by atoms with Crippen LogP contribution in [0, 0.1) is 5.82 Å². The van der Waals surface area contributed by atoms with Crippen LogP contribution in [0.25, 0.3) is 0 Å². The van der Waals surface area contributed by atoms with Gasteiger partial charge in [0.15, 0.2) is 0 Å². The molecule has 0 amide bonds. The van der Waals surface area contributed by atoms with Crippen LogP contribution in [0.2, 0.25) is 0 Å². The van der Waals surface area contributed by atoms with Crippen LogP contribution in [0.4, 0.5) is 10.1 Å². The van der Waals surface area contributed by atoms with Crippen molar-refractivity contribution >= 4 is 5.69 Å². The van der Waals surface area contributed by atoms with Crippen molar-refractivity contribution in [1.82, 2.24) is 5.32 Å². The second-order valence-corrected chi connectivity index (χ2v) is 11.0. The molecule has 0 aliphatic carbocycles. The van der Waals surface area contributed by atoms with Crippen molar-refractivity contribution in [1.29, 1.82) is 0 Å². The van der Waals surface area contributed by atoms with Gasteiger partial charge in [0, 0.05) is 18.8 Å². The Bertz CT molecular complexity index is 1100. The van der Waals surface area contributed by atoms with Gasteiger partial charge < -0.3 is 10.2 Å². The van der Waals surface area contributed by atoms with Gasteiger partial charge in [-0.3, -0.25) is 0 Å². The minimum Gasteiger partial charge on any atom is -0.371 e. The van der Waals surface area contributed by atoms with Crippen LogP contribution in [0.5, 0.6) is 0 Å². The standard InChI is InChI=1S/C19H22FN.C16H25N/c20-19-4-2-1-3-18(19)10-7-15-5-8-16(9-6-15)17-11-13-21-14-12-17;1-3-5-6-11-17-12-7-8-15-10-9-14(4-2)13-16(15)17/h1-6,8-9,17,21H,7,10-14H2;9-10,13H,3-8,11-12H2,1-2H3. The minimum atomic E-state index is -0.0937. The van der Waals surface area contributed by atoms with E-state index in [1.807, 2.05) is 12.1 Å². The van der Waals surface area contributed by atoms with Crippen molar-refractivity contribution in [2.45, 2.75) is 84.0 Å². The highest BCUT2D eigenvalue weighted by Gasteiger charge is 2.16. The number of benzene rings is 3. The maximum atomic E-state index is 13.6. The van der Waals surface area contributed by atoms with Gasteiger partial charge in [-0.15, -0.1) is 0 Å². The largest absolute Gasteiger partial charge is 0.371 e. The van der Waals surface area contributed by atoms with E-state index in [0.717, 1.165) is 37.9 Å². The maximum absolute atomic E-state index is 13.6. The number of unbranched alkanes of at least 4 members (excludes halogenated alkanes) is 2. The van der Waals surface area contributed by atoms with Gasteiger partial charge in [-0.05, 0) is 110 Å². The van der Waals surface area contributed by atoms with Gasteiger partial charge in [0.2, 0.25) is 0 Å². The molecule has 2 heterocycles. The SMILES string of the molecule is CCCCCN1CCCc2ccc(CC)cc21.Fc1ccccc1CCc1ccc(C2CCNCC2)cc1. The average molecular weight is 515 g/mol. The number of halogens is 1. The lowest BCUT2D eigenvalue weighted by Gasteiger charge is -2.32. The molecule has 0 spiro atoms. The van der Waals surface area contributed by atoms with Crippen molar-refractivity contribution in [2.75, 3.05) is 31.1 Å². The van der Waals surface area contributed by atoms with Gasteiger partial charge in [-0.1, -0.05) is 81.3 Å². The fourth-order valence-electron chi connectivity index (χ4n) is 5.79. The molecule has 3 aromatic carbocycles. The smallest absolute Gasteiger partial charge is 0.126 e. The number of hydrogen-bond donors (Lipinski definition) is 1. The third kappa shape index (κ3) is 8.17. The van der Waals surface area contributed by atoms with Crippen LogP contribution in [0.3, 0.4) is 0 Å². The van der Waals surface area contributed by atoms with Crippen LogP contribution < -0.4 is 10.2 Å². The van der Waals surface area contributed by atoms with Crippen LogP contribution >= 0.6 is 0 Å². The Balaban J connectivity index is 0.000000181. The highest BCUT2D eigenvalue weighted by molar-refractivity contribution is 5.57.